The zero-order valence-corrected chi connectivity index (χ0v) is 12.1. The van der Waals surface area contributed by atoms with Crippen LogP contribution in [0.5, 0.6) is 5.75 Å². The monoisotopic (exact) mass is 268 g/mol. The molecule has 0 aromatic heterocycles. The third-order valence-electron chi connectivity index (χ3n) is 3.22. The third kappa shape index (κ3) is 3.95. The first-order chi connectivity index (χ1) is 9.69. The van der Waals surface area contributed by atoms with Gasteiger partial charge in [-0.15, -0.1) is 0 Å². The lowest BCUT2D eigenvalue weighted by atomic mass is 10.0. The van der Waals surface area contributed by atoms with Gasteiger partial charge in [0.1, 0.15) is 5.75 Å². The van der Waals surface area contributed by atoms with Crippen molar-refractivity contribution in [1.29, 1.82) is 0 Å². The number of hydrogen-bond donors (Lipinski definition) is 0. The van der Waals surface area contributed by atoms with Gasteiger partial charge in [0.05, 0.1) is 6.61 Å². The first kappa shape index (κ1) is 14.3. The smallest absolute Gasteiger partial charge is 0.163 e. The van der Waals surface area contributed by atoms with E-state index in [4.69, 9.17) is 4.74 Å². The highest BCUT2D eigenvalue weighted by Crippen LogP contribution is 2.16. The number of Topliss-reactive ketones (excluding diaryl/α,β-unsaturated/α-hetero) is 1. The number of ketones is 1. The van der Waals surface area contributed by atoms with E-state index in [1.165, 1.54) is 5.56 Å². The molecule has 0 amide bonds. The van der Waals surface area contributed by atoms with E-state index < -0.39 is 0 Å². The maximum absolute atomic E-state index is 12.1. The zero-order chi connectivity index (χ0) is 14.4. The van der Waals surface area contributed by atoms with E-state index in [0.717, 1.165) is 23.3 Å². The van der Waals surface area contributed by atoms with Gasteiger partial charge in [0.15, 0.2) is 5.78 Å². The molecule has 0 bridgehead atoms. The number of hydrogen-bond acceptors (Lipinski definition) is 2. The Hall–Kier alpha value is -2.09. The fourth-order valence-electron chi connectivity index (χ4n) is 2.10. The normalized spacial score (nSPS) is 10.3. The van der Waals surface area contributed by atoms with E-state index in [-0.39, 0.29) is 5.78 Å². The van der Waals surface area contributed by atoms with Crippen LogP contribution in [-0.2, 0) is 6.42 Å². The van der Waals surface area contributed by atoms with Gasteiger partial charge >= 0.3 is 0 Å². The van der Waals surface area contributed by atoms with Gasteiger partial charge in [-0.05, 0) is 38.0 Å². The topological polar surface area (TPSA) is 26.3 Å². The Kier molecular flexibility index (Phi) is 4.94. The predicted molar refractivity (Wildman–Crippen MR) is 81.4 cm³/mol. The first-order valence-corrected chi connectivity index (χ1v) is 7.00. The molecule has 0 heterocycles. The van der Waals surface area contributed by atoms with Crippen LogP contribution in [0.4, 0.5) is 0 Å². The molecule has 20 heavy (non-hydrogen) atoms. The van der Waals surface area contributed by atoms with Crippen molar-refractivity contribution < 1.29 is 9.53 Å². The first-order valence-electron chi connectivity index (χ1n) is 7.00. The maximum atomic E-state index is 12.1. The van der Waals surface area contributed by atoms with Crippen LogP contribution in [0.2, 0.25) is 0 Å². The Morgan fingerprint density at radius 1 is 1.10 bits per heavy atom. The molecule has 0 unspecified atom stereocenters. The number of carbonyl (C=O) groups is 1. The van der Waals surface area contributed by atoms with Crippen molar-refractivity contribution >= 4 is 5.78 Å². The quantitative estimate of drug-likeness (QED) is 0.734. The van der Waals surface area contributed by atoms with Crippen molar-refractivity contribution in [2.75, 3.05) is 6.61 Å². The molecule has 104 valence electrons. The second-order valence-corrected chi connectivity index (χ2v) is 4.87. The van der Waals surface area contributed by atoms with Crippen molar-refractivity contribution in [3.63, 3.8) is 0 Å². The minimum atomic E-state index is 0.187. The van der Waals surface area contributed by atoms with Crippen LogP contribution in [0, 0.1) is 6.92 Å². The van der Waals surface area contributed by atoms with Crippen molar-refractivity contribution in [3.05, 3.63) is 65.2 Å². The maximum Gasteiger partial charge on any atom is 0.163 e. The molecule has 0 fully saturated rings. The Morgan fingerprint density at radius 3 is 2.55 bits per heavy atom. The molecule has 0 atom stereocenters. The molecule has 0 aliphatic heterocycles. The highest BCUT2D eigenvalue weighted by atomic mass is 16.5. The SMILES string of the molecule is CCOc1cccc(CCC(=O)c2ccc(C)cc2)c1. The summed E-state index contributed by atoms with van der Waals surface area (Å²) in [4.78, 5) is 12.1. The van der Waals surface area contributed by atoms with Gasteiger partial charge in [0, 0.05) is 12.0 Å². The molecule has 2 heteroatoms. The molecule has 2 aromatic rings. The molecule has 0 spiro atoms. The molecular formula is C18H20O2. The third-order valence-corrected chi connectivity index (χ3v) is 3.22. The van der Waals surface area contributed by atoms with Crippen LogP contribution in [0.3, 0.4) is 0 Å². The van der Waals surface area contributed by atoms with Crippen LogP contribution in [0.1, 0.15) is 34.8 Å². The predicted octanol–water partition coefficient (Wildman–Crippen LogP) is 4.21. The summed E-state index contributed by atoms with van der Waals surface area (Å²) in [5, 5.41) is 0. The molecule has 2 nitrogen and oxygen atoms in total. The van der Waals surface area contributed by atoms with Gasteiger partial charge in [-0.3, -0.25) is 4.79 Å². The van der Waals surface area contributed by atoms with Gasteiger partial charge in [-0.25, -0.2) is 0 Å². The van der Waals surface area contributed by atoms with E-state index in [2.05, 4.69) is 0 Å². The molecular weight excluding hydrogens is 248 g/mol. The average molecular weight is 268 g/mol. The Labute approximate surface area is 120 Å². The highest BCUT2D eigenvalue weighted by Gasteiger charge is 2.06. The summed E-state index contributed by atoms with van der Waals surface area (Å²) in [5.74, 6) is 1.06. The minimum absolute atomic E-state index is 0.187. The Morgan fingerprint density at radius 2 is 1.85 bits per heavy atom. The average Bonchev–Trinajstić information content (AvgIpc) is 2.46. The highest BCUT2D eigenvalue weighted by molar-refractivity contribution is 5.96. The van der Waals surface area contributed by atoms with Gasteiger partial charge in [0.2, 0.25) is 0 Å². The van der Waals surface area contributed by atoms with Crippen LogP contribution < -0.4 is 4.74 Å². The fraction of sp³-hybridized carbons (Fsp3) is 0.278. The van der Waals surface area contributed by atoms with Crippen LogP contribution >= 0.6 is 0 Å². The molecule has 0 N–H and O–H groups in total. The second kappa shape index (κ2) is 6.90. The minimum Gasteiger partial charge on any atom is -0.494 e. The largest absolute Gasteiger partial charge is 0.494 e. The van der Waals surface area contributed by atoms with E-state index in [1.807, 2.05) is 62.4 Å². The molecule has 0 aliphatic rings. The van der Waals surface area contributed by atoms with Gasteiger partial charge < -0.3 is 4.74 Å². The molecule has 2 rings (SSSR count). The number of aryl methyl sites for hydroxylation is 2. The Bertz CT molecular complexity index is 570. The lowest BCUT2D eigenvalue weighted by Crippen LogP contribution is -2.01. The van der Waals surface area contributed by atoms with E-state index >= 15 is 0 Å². The molecule has 2 aromatic carbocycles. The summed E-state index contributed by atoms with van der Waals surface area (Å²) >= 11 is 0. The summed E-state index contributed by atoms with van der Waals surface area (Å²) in [6, 6.07) is 15.7. The molecule has 0 saturated carbocycles. The number of rotatable bonds is 6. The van der Waals surface area contributed by atoms with E-state index in [9.17, 15) is 4.79 Å². The lowest BCUT2D eigenvalue weighted by Gasteiger charge is -2.06. The Balaban J connectivity index is 1.96. The fourth-order valence-corrected chi connectivity index (χ4v) is 2.10. The molecule has 0 radical (unpaired) electrons. The van der Waals surface area contributed by atoms with Crippen LogP contribution in [0.25, 0.3) is 0 Å². The lowest BCUT2D eigenvalue weighted by molar-refractivity contribution is 0.0983. The van der Waals surface area contributed by atoms with Gasteiger partial charge in [-0.1, -0.05) is 42.0 Å². The van der Waals surface area contributed by atoms with Gasteiger partial charge in [-0.2, -0.15) is 0 Å². The van der Waals surface area contributed by atoms with Crippen molar-refractivity contribution in [2.24, 2.45) is 0 Å². The molecule has 0 saturated heterocycles. The summed E-state index contributed by atoms with van der Waals surface area (Å²) in [7, 11) is 0. The number of carbonyl (C=O) groups excluding carboxylic acids is 1. The summed E-state index contributed by atoms with van der Waals surface area (Å²) < 4.78 is 5.47. The second-order valence-electron chi connectivity index (χ2n) is 4.87. The van der Waals surface area contributed by atoms with E-state index in [1.54, 1.807) is 0 Å². The standard InChI is InChI=1S/C18H20O2/c1-3-20-17-6-4-5-15(13-17)9-12-18(19)16-10-7-14(2)8-11-16/h4-8,10-11,13H,3,9,12H2,1-2H3. The number of ether oxygens (including phenoxy) is 1. The van der Waals surface area contributed by atoms with Crippen molar-refractivity contribution in [2.45, 2.75) is 26.7 Å². The van der Waals surface area contributed by atoms with Crippen LogP contribution in [-0.4, -0.2) is 12.4 Å². The van der Waals surface area contributed by atoms with Gasteiger partial charge in [0.25, 0.3) is 0 Å². The van der Waals surface area contributed by atoms with Crippen molar-refractivity contribution in [1.82, 2.24) is 0 Å². The number of benzene rings is 2. The van der Waals surface area contributed by atoms with E-state index in [0.29, 0.717) is 13.0 Å². The summed E-state index contributed by atoms with van der Waals surface area (Å²) in [6.07, 6.45) is 1.27. The van der Waals surface area contributed by atoms with Crippen LogP contribution in [0.15, 0.2) is 48.5 Å². The zero-order valence-electron chi connectivity index (χ0n) is 12.1. The molecule has 0 aliphatic carbocycles. The summed E-state index contributed by atoms with van der Waals surface area (Å²) in [5.41, 5.74) is 3.10. The van der Waals surface area contributed by atoms with Crippen molar-refractivity contribution in [3.8, 4) is 5.75 Å². The summed E-state index contributed by atoms with van der Waals surface area (Å²) in [6.45, 7) is 4.65.